The number of fused-ring (bicyclic) bond motifs is 3. The summed E-state index contributed by atoms with van der Waals surface area (Å²) in [7, 11) is 6.68. The molecule has 5 rings (SSSR count). The molecule has 1 aromatic rings. The molecular weight excluding hydrogens is 558 g/mol. The second-order valence-corrected chi connectivity index (χ2v) is 12.3. The fourth-order valence-electron chi connectivity index (χ4n) is 7.51. The zero-order valence-electron chi connectivity index (χ0n) is 25.0. The maximum absolute atomic E-state index is 14.2. The summed E-state index contributed by atoms with van der Waals surface area (Å²) in [6.45, 7) is 3.43. The van der Waals surface area contributed by atoms with Gasteiger partial charge in [0.2, 0.25) is 11.7 Å². The van der Waals surface area contributed by atoms with Crippen molar-refractivity contribution in [2.45, 2.75) is 50.3 Å². The fraction of sp³-hybridized carbons (Fsp3) is 0.533. The predicted molar refractivity (Wildman–Crippen MR) is 157 cm³/mol. The van der Waals surface area contributed by atoms with Gasteiger partial charge in [0, 0.05) is 31.3 Å². The van der Waals surface area contributed by atoms with E-state index in [0.29, 0.717) is 24.2 Å². The summed E-state index contributed by atoms with van der Waals surface area (Å²) in [5.74, 6) is -7.53. The second kappa shape index (κ2) is 10.6. The third-order valence-corrected chi connectivity index (χ3v) is 9.51. The lowest BCUT2D eigenvalue weighted by atomic mass is 9.58. The van der Waals surface area contributed by atoms with Crippen molar-refractivity contribution in [3.63, 3.8) is 0 Å². The quantitative estimate of drug-likeness (QED) is 0.198. The Labute approximate surface area is 249 Å². The summed E-state index contributed by atoms with van der Waals surface area (Å²) in [5.41, 5.74) is 2.49. The molecule has 0 spiro atoms. The number of hydrogen-bond acceptors (Lipinski definition) is 11. The number of likely N-dealkylation sites (N-methyl/N-ethyl adjacent to an activating group) is 2. The molecule has 0 bridgehead atoms. The number of aromatic hydroxyl groups is 1. The molecule has 0 saturated carbocycles. The molecule has 5 atom stereocenters. The molecule has 1 saturated heterocycles. The summed E-state index contributed by atoms with van der Waals surface area (Å²) < 4.78 is 0. The standard InChI is InChI=1S/C30H39N5O8/c1-6-35-9-7-8-17(35)29(42)32-16-12-18(33(2)3)14-10-13-11-15-22(34(4)5)25(38)21(28(31)41)27(40)30(15,43)26(39)19(13)24(37)20(14)23(16)36/h12-13,15,17,22,36,38-39,43H,6-11H2,1-5H3,(H2,31,41)(H,32,42)/t13-,15-,17-,22-,30-/m0/s1. The van der Waals surface area contributed by atoms with Crippen LogP contribution in [-0.4, -0.2) is 113 Å². The number of hydrogen-bond donors (Lipinski definition) is 6. The number of Topliss-reactive ketones (excluding diaryl/α,β-unsaturated/α-hetero) is 2. The van der Waals surface area contributed by atoms with Crippen molar-refractivity contribution in [3.05, 3.63) is 39.9 Å². The third kappa shape index (κ3) is 4.40. The van der Waals surface area contributed by atoms with E-state index in [-0.39, 0.29) is 41.6 Å². The monoisotopic (exact) mass is 597 g/mol. The first-order valence-electron chi connectivity index (χ1n) is 14.4. The van der Waals surface area contributed by atoms with Crippen LogP contribution >= 0.6 is 0 Å². The van der Waals surface area contributed by atoms with Gasteiger partial charge < -0.3 is 36.4 Å². The van der Waals surface area contributed by atoms with Crippen LogP contribution in [0.25, 0.3) is 0 Å². The zero-order chi connectivity index (χ0) is 31.7. The Bertz CT molecular complexity index is 1500. The molecule has 1 heterocycles. The van der Waals surface area contributed by atoms with Gasteiger partial charge in [-0.05, 0) is 70.4 Å². The van der Waals surface area contributed by atoms with Crippen molar-refractivity contribution in [2.75, 3.05) is 51.5 Å². The third-order valence-electron chi connectivity index (χ3n) is 9.51. The molecule has 43 heavy (non-hydrogen) atoms. The molecule has 0 aromatic heterocycles. The number of carbonyl (C=O) groups is 4. The van der Waals surface area contributed by atoms with E-state index in [1.165, 1.54) is 4.90 Å². The van der Waals surface area contributed by atoms with Crippen LogP contribution in [0.5, 0.6) is 5.75 Å². The number of phenolic OH excluding ortho intramolecular Hbond substituents is 1. The minimum Gasteiger partial charge on any atom is -0.510 e. The van der Waals surface area contributed by atoms with Crippen LogP contribution in [0.15, 0.2) is 28.7 Å². The highest BCUT2D eigenvalue weighted by Crippen LogP contribution is 2.54. The highest BCUT2D eigenvalue weighted by Gasteiger charge is 2.63. The van der Waals surface area contributed by atoms with E-state index in [2.05, 4.69) is 5.32 Å². The molecule has 232 valence electrons. The molecule has 1 aliphatic heterocycles. The molecule has 0 unspecified atom stereocenters. The summed E-state index contributed by atoms with van der Waals surface area (Å²) in [6.07, 6.45) is 1.66. The zero-order valence-corrected chi connectivity index (χ0v) is 25.0. The molecule has 0 radical (unpaired) electrons. The van der Waals surface area contributed by atoms with E-state index in [1.807, 2.05) is 11.8 Å². The number of primary amides is 1. The molecular formula is C30H39N5O8. The SMILES string of the molecule is CCN1CCC[C@H]1C(=O)Nc1cc(N(C)C)c2c(c1O)C(=O)C1=C(O)[C@]3(O)C(=O)C(C(N)=O)=C(O)[C@@H](N(C)C)[C@@H]3C[C@@H]1C2. The predicted octanol–water partition coefficient (Wildman–Crippen LogP) is 0.609. The second-order valence-electron chi connectivity index (χ2n) is 12.3. The van der Waals surface area contributed by atoms with Gasteiger partial charge in [0.05, 0.1) is 23.3 Å². The van der Waals surface area contributed by atoms with Crippen LogP contribution in [0.2, 0.25) is 0 Å². The van der Waals surface area contributed by atoms with Crippen molar-refractivity contribution in [3.8, 4) is 5.75 Å². The van der Waals surface area contributed by atoms with E-state index in [0.717, 1.165) is 13.0 Å². The maximum atomic E-state index is 14.2. The first-order valence-corrected chi connectivity index (χ1v) is 14.4. The Balaban J connectivity index is 1.65. The van der Waals surface area contributed by atoms with Crippen molar-refractivity contribution >= 4 is 34.8 Å². The van der Waals surface area contributed by atoms with Gasteiger partial charge in [0.15, 0.2) is 17.1 Å². The van der Waals surface area contributed by atoms with Gasteiger partial charge in [-0.3, -0.25) is 29.0 Å². The number of carbonyl (C=O) groups excluding carboxylic acids is 4. The Morgan fingerprint density at radius 1 is 1.16 bits per heavy atom. The minimum atomic E-state index is -2.72. The van der Waals surface area contributed by atoms with Crippen LogP contribution in [-0.2, 0) is 20.8 Å². The maximum Gasteiger partial charge on any atom is 0.255 e. The lowest BCUT2D eigenvalue weighted by Crippen LogP contribution is -2.63. The number of ketones is 2. The van der Waals surface area contributed by atoms with Crippen LogP contribution in [0.1, 0.15) is 42.1 Å². The van der Waals surface area contributed by atoms with Gasteiger partial charge in [0.1, 0.15) is 17.1 Å². The molecule has 7 N–H and O–H groups in total. The molecule has 13 nitrogen and oxygen atoms in total. The molecule has 13 heteroatoms. The summed E-state index contributed by atoms with van der Waals surface area (Å²) in [5, 5.41) is 48.5. The van der Waals surface area contributed by atoms with Gasteiger partial charge in [-0.15, -0.1) is 0 Å². The van der Waals surface area contributed by atoms with E-state index in [4.69, 9.17) is 5.73 Å². The lowest BCUT2D eigenvalue weighted by molar-refractivity contribution is -0.148. The van der Waals surface area contributed by atoms with Crippen LogP contribution < -0.4 is 16.0 Å². The van der Waals surface area contributed by atoms with Crippen LogP contribution in [0.3, 0.4) is 0 Å². The van der Waals surface area contributed by atoms with E-state index in [1.54, 1.807) is 39.2 Å². The molecule has 4 aliphatic rings. The number of benzene rings is 1. The number of amides is 2. The highest BCUT2D eigenvalue weighted by molar-refractivity contribution is 6.25. The summed E-state index contributed by atoms with van der Waals surface area (Å²) in [4.78, 5) is 58.4. The highest BCUT2D eigenvalue weighted by atomic mass is 16.3. The topological polar surface area (TPSA) is 197 Å². The lowest BCUT2D eigenvalue weighted by Gasteiger charge is -2.50. The Morgan fingerprint density at radius 2 is 1.84 bits per heavy atom. The average Bonchev–Trinajstić information content (AvgIpc) is 3.41. The summed E-state index contributed by atoms with van der Waals surface area (Å²) in [6, 6.07) is 0.159. The van der Waals surface area contributed by atoms with Crippen molar-refractivity contribution in [1.82, 2.24) is 9.80 Å². The van der Waals surface area contributed by atoms with Gasteiger partial charge in [-0.1, -0.05) is 6.92 Å². The van der Waals surface area contributed by atoms with Crippen LogP contribution in [0.4, 0.5) is 11.4 Å². The smallest absolute Gasteiger partial charge is 0.255 e. The largest absolute Gasteiger partial charge is 0.510 e. The first kappa shape index (κ1) is 30.5. The number of nitrogens with two attached hydrogens (primary N) is 1. The van der Waals surface area contributed by atoms with E-state index < -0.39 is 63.8 Å². The Morgan fingerprint density at radius 3 is 2.42 bits per heavy atom. The number of phenols is 1. The minimum absolute atomic E-state index is 0.00753. The normalized spacial score (nSPS) is 29.0. The van der Waals surface area contributed by atoms with Crippen molar-refractivity contribution in [2.24, 2.45) is 17.6 Å². The Hall–Kier alpha value is -3.94. The van der Waals surface area contributed by atoms with Gasteiger partial charge >= 0.3 is 0 Å². The van der Waals surface area contributed by atoms with Gasteiger partial charge in [-0.2, -0.15) is 0 Å². The van der Waals surface area contributed by atoms with Crippen molar-refractivity contribution in [1.29, 1.82) is 0 Å². The molecule has 2 amide bonds. The number of aliphatic hydroxyl groups is 3. The first-order chi connectivity index (χ1) is 20.2. The number of allylic oxidation sites excluding steroid dienone is 1. The van der Waals surface area contributed by atoms with E-state index in [9.17, 15) is 39.6 Å². The van der Waals surface area contributed by atoms with E-state index >= 15 is 0 Å². The number of nitrogens with zero attached hydrogens (tertiary/aromatic N) is 3. The van der Waals surface area contributed by atoms with Gasteiger partial charge in [-0.25, -0.2) is 0 Å². The number of rotatable bonds is 6. The number of likely N-dealkylation sites (tertiary alicyclic amines) is 1. The molecule has 1 aromatic carbocycles. The summed E-state index contributed by atoms with van der Waals surface area (Å²) >= 11 is 0. The fourth-order valence-corrected chi connectivity index (χ4v) is 7.51. The molecule has 1 fully saturated rings. The van der Waals surface area contributed by atoms with Gasteiger partial charge in [0.25, 0.3) is 5.91 Å². The Kier molecular flexibility index (Phi) is 7.56. The average molecular weight is 598 g/mol. The number of aliphatic hydroxyl groups excluding tert-OH is 2. The van der Waals surface area contributed by atoms with Crippen molar-refractivity contribution < 1.29 is 39.6 Å². The van der Waals surface area contributed by atoms with Crippen LogP contribution in [0, 0.1) is 11.8 Å². The number of anilines is 2. The number of nitrogens with one attached hydrogen (secondary N) is 1. The molecule has 3 aliphatic carbocycles.